The van der Waals surface area contributed by atoms with Gasteiger partial charge >= 0.3 is 6.09 Å². The van der Waals surface area contributed by atoms with Crippen molar-refractivity contribution in [3.63, 3.8) is 0 Å². The first-order chi connectivity index (χ1) is 11.1. The lowest BCUT2D eigenvalue weighted by Crippen LogP contribution is -2.29. The summed E-state index contributed by atoms with van der Waals surface area (Å²) in [6.07, 6.45) is 4.33. The zero-order valence-electron chi connectivity index (χ0n) is 13.1. The van der Waals surface area contributed by atoms with Crippen molar-refractivity contribution >= 4 is 23.4 Å². The second-order valence-electron chi connectivity index (χ2n) is 5.68. The third-order valence-corrected chi connectivity index (χ3v) is 4.30. The summed E-state index contributed by atoms with van der Waals surface area (Å²) < 4.78 is 4.86. The van der Waals surface area contributed by atoms with Gasteiger partial charge in [-0.15, -0.1) is 0 Å². The van der Waals surface area contributed by atoms with Crippen molar-refractivity contribution in [1.29, 1.82) is 0 Å². The Morgan fingerprint density at radius 1 is 1.22 bits per heavy atom. The van der Waals surface area contributed by atoms with Gasteiger partial charge in [-0.2, -0.15) is 0 Å². The van der Waals surface area contributed by atoms with E-state index in [0.717, 1.165) is 22.7 Å². The molecule has 1 aliphatic rings. The van der Waals surface area contributed by atoms with Crippen LogP contribution in [0.2, 0.25) is 5.02 Å². The number of anilines is 1. The second kappa shape index (κ2) is 6.47. The molecule has 0 spiro atoms. The van der Waals surface area contributed by atoms with Crippen molar-refractivity contribution in [1.82, 2.24) is 0 Å². The van der Waals surface area contributed by atoms with Crippen LogP contribution in [0, 0.1) is 6.92 Å². The average molecular weight is 328 g/mol. The minimum atomic E-state index is -0.378. The molecule has 1 unspecified atom stereocenters. The van der Waals surface area contributed by atoms with Gasteiger partial charge in [-0.1, -0.05) is 47.5 Å². The molecule has 0 aromatic heterocycles. The van der Waals surface area contributed by atoms with E-state index in [2.05, 4.69) is 13.0 Å². The van der Waals surface area contributed by atoms with Crippen molar-refractivity contribution in [3.8, 4) is 0 Å². The number of fused-ring (bicyclic) bond motifs is 1. The summed E-state index contributed by atoms with van der Waals surface area (Å²) in [6.45, 7) is 2.06. The van der Waals surface area contributed by atoms with Gasteiger partial charge in [-0.05, 0) is 42.7 Å². The number of methoxy groups -OCH3 is 1. The maximum absolute atomic E-state index is 12.0. The fourth-order valence-electron chi connectivity index (χ4n) is 2.87. The molecule has 4 heteroatoms. The number of carbonyl (C=O) groups excluding carboxylic acids is 1. The minimum absolute atomic E-state index is 0.215. The predicted molar refractivity (Wildman–Crippen MR) is 93.1 cm³/mol. The molecule has 1 aliphatic heterocycles. The van der Waals surface area contributed by atoms with E-state index in [4.69, 9.17) is 16.3 Å². The lowest BCUT2D eigenvalue weighted by atomic mass is 9.87. The Hall–Kier alpha value is -2.26. The number of carbonyl (C=O) groups is 1. The van der Waals surface area contributed by atoms with E-state index in [0.29, 0.717) is 0 Å². The molecule has 3 rings (SSSR count). The highest BCUT2D eigenvalue weighted by molar-refractivity contribution is 6.30. The van der Waals surface area contributed by atoms with Gasteiger partial charge in [0.15, 0.2) is 0 Å². The van der Waals surface area contributed by atoms with Gasteiger partial charge in [0.2, 0.25) is 0 Å². The first-order valence-electron chi connectivity index (χ1n) is 7.49. The van der Waals surface area contributed by atoms with Crippen molar-refractivity contribution in [3.05, 3.63) is 76.5 Å². The van der Waals surface area contributed by atoms with Gasteiger partial charge < -0.3 is 4.74 Å². The van der Waals surface area contributed by atoms with E-state index in [9.17, 15) is 4.79 Å². The molecule has 23 heavy (non-hydrogen) atoms. The van der Waals surface area contributed by atoms with Gasteiger partial charge in [0.05, 0.1) is 12.8 Å². The number of hydrogen-bond donors (Lipinski definition) is 0. The number of nitrogens with zero attached hydrogens (tertiary/aromatic N) is 1. The maximum atomic E-state index is 12.0. The number of halogens is 1. The Morgan fingerprint density at radius 3 is 2.65 bits per heavy atom. The molecule has 0 aliphatic carbocycles. The normalized spacial score (nSPS) is 16.1. The van der Waals surface area contributed by atoms with Crippen LogP contribution in [0.25, 0.3) is 0 Å². The molecule has 0 saturated carbocycles. The van der Waals surface area contributed by atoms with E-state index in [1.807, 2.05) is 42.5 Å². The lowest BCUT2D eigenvalue weighted by Gasteiger charge is -2.29. The molecule has 118 valence electrons. The first kappa shape index (κ1) is 15.6. The summed E-state index contributed by atoms with van der Waals surface area (Å²) in [5.74, 6) is 0.215. The molecule has 1 amide bonds. The zero-order valence-corrected chi connectivity index (χ0v) is 13.9. The number of ether oxygens (including phenoxy) is 1. The van der Waals surface area contributed by atoms with Gasteiger partial charge in [0.25, 0.3) is 0 Å². The quantitative estimate of drug-likeness (QED) is 0.770. The number of allylic oxidation sites excluding steroid dienone is 1. The molecule has 2 aromatic carbocycles. The number of aryl methyl sites for hydroxylation is 1. The van der Waals surface area contributed by atoms with Crippen LogP contribution in [-0.4, -0.2) is 13.2 Å². The van der Waals surface area contributed by atoms with Crippen LogP contribution in [0.4, 0.5) is 10.5 Å². The number of hydrogen-bond acceptors (Lipinski definition) is 2. The van der Waals surface area contributed by atoms with Gasteiger partial charge in [0.1, 0.15) is 0 Å². The molecule has 0 radical (unpaired) electrons. The number of amides is 1. The van der Waals surface area contributed by atoms with Gasteiger partial charge in [-0.25, -0.2) is 4.79 Å². The van der Waals surface area contributed by atoms with Crippen LogP contribution in [0.1, 0.15) is 22.6 Å². The van der Waals surface area contributed by atoms with Crippen LogP contribution < -0.4 is 4.90 Å². The number of rotatable bonds is 2. The second-order valence-corrected chi connectivity index (χ2v) is 6.12. The summed E-state index contributed by atoms with van der Waals surface area (Å²) in [5.41, 5.74) is 4.39. The molecule has 2 aromatic rings. The molecule has 0 N–H and O–H groups in total. The largest absolute Gasteiger partial charge is 0.452 e. The molecular formula is C19H18ClNO2. The first-order valence-corrected chi connectivity index (χ1v) is 7.87. The van der Waals surface area contributed by atoms with Crippen molar-refractivity contribution < 1.29 is 9.53 Å². The van der Waals surface area contributed by atoms with Crippen LogP contribution in [0.15, 0.2) is 54.7 Å². The SMILES string of the molecule is COC(=O)N1C=CC(Cc2ccc(Cl)cc2)c2cc(C)ccc21. The highest BCUT2D eigenvalue weighted by atomic mass is 35.5. The Labute approximate surface area is 141 Å². The third-order valence-electron chi connectivity index (χ3n) is 4.05. The maximum Gasteiger partial charge on any atom is 0.418 e. The van der Waals surface area contributed by atoms with E-state index >= 15 is 0 Å². The van der Waals surface area contributed by atoms with E-state index < -0.39 is 0 Å². The average Bonchev–Trinajstić information content (AvgIpc) is 2.56. The predicted octanol–water partition coefficient (Wildman–Crippen LogP) is 5.07. The van der Waals surface area contributed by atoms with Crippen molar-refractivity contribution in [2.75, 3.05) is 12.0 Å². The third kappa shape index (κ3) is 3.25. The Balaban J connectivity index is 1.95. The summed E-state index contributed by atoms with van der Waals surface area (Å²) in [5, 5.41) is 0.737. The summed E-state index contributed by atoms with van der Waals surface area (Å²) in [7, 11) is 1.39. The number of benzene rings is 2. The smallest absolute Gasteiger partial charge is 0.418 e. The summed E-state index contributed by atoms with van der Waals surface area (Å²) >= 11 is 5.95. The van der Waals surface area contributed by atoms with Gasteiger partial charge in [0, 0.05) is 17.1 Å². The lowest BCUT2D eigenvalue weighted by molar-refractivity contribution is 0.181. The van der Waals surface area contributed by atoms with Crippen LogP contribution in [0.3, 0.4) is 0 Å². The van der Waals surface area contributed by atoms with Crippen LogP contribution >= 0.6 is 11.6 Å². The highest BCUT2D eigenvalue weighted by Gasteiger charge is 2.25. The van der Waals surface area contributed by atoms with E-state index in [1.165, 1.54) is 18.2 Å². The molecule has 0 saturated heterocycles. The van der Waals surface area contributed by atoms with E-state index in [1.54, 1.807) is 11.1 Å². The standard InChI is InChI=1S/C19H18ClNO2/c1-13-3-8-18-17(11-13)15(9-10-21(18)19(22)23-2)12-14-4-6-16(20)7-5-14/h3-11,15H,12H2,1-2H3. The minimum Gasteiger partial charge on any atom is -0.452 e. The van der Waals surface area contributed by atoms with E-state index in [-0.39, 0.29) is 12.0 Å². The topological polar surface area (TPSA) is 29.5 Å². The van der Waals surface area contributed by atoms with Crippen molar-refractivity contribution in [2.24, 2.45) is 0 Å². The molecule has 0 fully saturated rings. The zero-order chi connectivity index (χ0) is 16.4. The highest BCUT2D eigenvalue weighted by Crippen LogP contribution is 2.36. The van der Waals surface area contributed by atoms with Crippen molar-refractivity contribution in [2.45, 2.75) is 19.3 Å². The Morgan fingerprint density at radius 2 is 1.96 bits per heavy atom. The molecular weight excluding hydrogens is 310 g/mol. The Kier molecular flexibility index (Phi) is 4.39. The fraction of sp³-hybridized carbons (Fsp3) is 0.211. The van der Waals surface area contributed by atoms with Crippen LogP contribution in [0.5, 0.6) is 0 Å². The molecule has 3 nitrogen and oxygen atoms in total. The summed E-state index contributed by atoms with van der Waals surface area (Å²) in [6, 6.07) is 14.0. The Bertz CT molecular complexity index is 752. The van der Waals surface area contributed by atoms with Gasteiger partial charge in [-0.3, -0.25) is 4.90 Å². The monoisotopic (exact) mass is 327 g/mol. The molecule has 1 atom stereocenters. The molecule has 0 bridgehead atoms. The van der Waals surface area contributed by atoms with Crippen LogP contribution in [-0.2, 0) is 11.2 Å². The fourth-order valence-corrected chi connectivity index (χ4v) is 3.00. The molecule has 1 heterocycles. The summed E-state index contributed by atoms with van der Waals surface area (Å²) in [4.78, 5) is 13.5.